The van der Waals surface area contributed by atoms with Crippen LogP contribution < -0.4 is 0 Å². The van der Waals surface area contributed by atoms with Gasteiger partial charge in [0.25, 0.3) is 0 Å². The minimum Gasteiger partial charge on any atom is -0.468 e. The molecule has 1 aromatic rings. The summed E-state index contributed by atoms with van der Waals surface area (Å²) in [6, 6.07) is 1.87. The maximum atomic E-state index is 11.0. The molecule has 0 saturated carbocycles. The number of aromatic nitrogens is 1. The molecule has 0 saturated heterocycles. The van der Waals surface area contributed by atoms with Crippen molar-refractivity contribution in [2.45, 2.75) is 4.83 Å². The predicted molar refractivity (Wildman–Crippen MR) is 49.1 cm³/mol. The van der Waals surface area contributed by atoms with E-state index in [9.17, 15) is 4.79 Å². The highest BCUT2D eigenvalue weighted by Crippen LogP contribution is 2.23. The van der Waals surface area contributed by atoms with Crippen LogP contribution in [0.25, 0.3) is 0 Å². The zero-order valence-electron chi connectivity index (χ0n) is 6.95. The van der Waals surface area contributed by atoms with Gasteiger partial charge in [-0.1, -0.05) is 15.9 Å². The van der Waals surface area contributed by atoms with E-state index in [1.807, 2.05) is 30.1 Å². The molecule has 0 radical (unpaired) electrons. The van der Waals surface area contributed by atoms with Crippen LogP contribution in [0.4, 0.5) is 0 Å². The SMILES string of the molecule is COC(=O)C(Br)c1ccn(C)c1. The first-order chi connectivity index (χ1) is 5.65. The molecular formula is C8H10BrNO2. The van der Waals surface area contributed by atoms with E-state index < -0.39 is 0 Å². The van der Waals surface area contributed by atoms with E-state index >= 15 is 0 Å². The molecule has 1 atom stereocenters. The van der Waals surface area contributed by atoms with Gasteiger partial charge in [0.1, 0.15) is 4.83 Å². The van der Waals surface area contributed by atoms with Crippen LogP contribution in [0.5, 0.6) is 0 Å². The Labute approximate surface area is 79.5 Å². The van der Waals surface area contributed by atoms with Crippen LogP contribution in [0.2, 0.25) is 0 Å². The molecule has 1 heterocycles. The number of ether oxygens (including phenoxy) is 1. The van der Waals surface area contributed by atoms with Crippen LogP contribution in [0, 0.1) is 0 Å². The summed E-state index contributed by atoms with van der Waals surface area (Å²) in [6.07, 6.45) is 3.75. The molecule has 0 bridgehead atoms. The third-order valence-corrected chi connectivity index (χ3v) is 2.46. The van der Waals surface area contributed by atoms with Crippen LogP contribution in [0.3, 0.4) is 0 Å². The van der Waals surface area contributed by atoms with Gasteiger partial charge in [0, 0.05) is 19.4 Å². The zero-order chi connectivity index (χ0) is 9.14. The normalized spacial score (nSPS) is 12.6. The summed E-state index contributed by atoms with van der Waals surface area (Å²) in [5.41, 5.74) is 0.907. The first-order valence-corrected chi connectivity index (χ1v) is 4.40. The molecule has 0 amide bonds. The molecule has 1 rings (SSSR count). The number of halogens is 1. The Morgan fingerprint density at radius 3 is 2.83 bits per heavy atom. The molecule has 0 aromatic carbocycles. The van der Waals surface area contributed by atoms with E-state index in [4.69, 9.17) is 0 Å². The third-order valence-electron chi connectivity index (χ3n) is 1.56. The maximum Gasteiger partial charge on any atom is 0.324 e. The van der Waals surface area contributed by atoms with Gasteiger partial charge in [0.2, 0.25) is 0 Å². The lowest BCUT2D eigenvalue weighted by Crippen LogP contribution is -2.07. The Kier molecular flexibility index (Phi) is 2.92. The van der Waals surface area contributed by atoms with Crippen LogP contribution >= 0.6 is 15.9 Å². The standard InChI is InChI=1S/C8H10BrNO2/c1-10-4-3-6(5-10)7(9)8(11)12-2/h3-5,7H,1-2H3. The summed E-state index contributed by atoms with van der Waals surface area (Å²) in [5.74, 6) is -0.277. The molecule has 12 heavy (non-hydrogen) atoms. The van der Waals surface area contributed by atoms with Crippen molar-refractivity contribution >= 4 is 21.9 Å². The fourth-order valence-corrected chi connectivity index (χ4v) is 1.37. The van der Waals surface area contributed by atoms with Gasteiger partial charge in [-0.3, -0.25) is 4.79 Å². The van der Waals surface area contributed by atoms with Gasteiger partial charge in [0.15, 0.2) is 0 Å². The molecule has 0 N–H and O–H groups in total. The number of carbonyl (C=O) groups is 1. The second-order valence-electron chi connectivity index (χ2n) is 2.50. The smallest absolute Gasteiger partial charge is 0.324 e. The van der Waals surface area contributed by atoms with E-state index in [0.717, 1.165) is 5.56 Å². The summed E-state index contributed by atoms with van der Waals surface area (Å²) in [7, 11) is 3.28. The number of nitrogens with zero attached hydrogens (tertiary/aromatic N) is 1. The molecular weight excluding hydrogens is 222 g/mol. The minimum absolute atomic E-state index is 0.277. The molecule has 66 valence electrons. The van der Waals surface area contributed by atoms with Crippen molar-refractivity contribution in [1.82, 2.24) is 4.57 Å². The molecule has 0 aliphatic rings. The van der Waals surface area contributed by atoms with E-state index in [2.05, 4.69) is 20.7 Å². The molecule has 1 unspecified atom stereocenters. The maximum absolute atomic E-state index is 11.0. The van der Waals surface area contributed by atoms with Crippen molar-refractivity contribution in [3.63, 3.8) is 0 Å². The summed E-state index contributed by atoms with van der Waals surface area (Å²) < 4.78 is 6.46. The number of hydrogen-bond acceptors (Lipinski definition) is 2. The molecule has 0 fully saturated rings. The number of esters is 1. The highest BCUT2D eigenvalue weighted by atomic mass is 79.9. The number of carbonyl (C=O) groups excluding carboxylic acids is 1. The lowest BCUT2D eigenvalue weighted by molar-refractivity contribution is -0.139. The first kappa shape index (κ1) is 9.32. The lowest BCUT2D eigenvalue weighted by Gasteiger charge is -2.03. The second-order valence-corrected chi connectivity index (χ2v) is 3.41. The Balaban J connectivity index is 2.77. The van der Waals surface area contributed by atoms with Crippen molar-refractivity contribution in [3.8, 4) is 0 Å². The molecule has 4 heteroatoms. The van der Waals surface area contributed by atoms with Crippen LogP contribution in [-0.2, 0) is 16.6 Å². The number of hydrogen-bond donors (Lipinski definition) is 0. The van der Waals surface area contributed by atoms with Gasteiger partial charge in [-0.05, 0) is 11.6 Å². The third kappa shape index (κ3) is 1.88. The first-order valence-electron chi connectivity index (χ1n) is 3.49. The van der Waals surface area contributed by atoms with Gasteiger partial charge in [-0.2, -0.15) is 0 Å². The van der Waals surface area contributed by atoms with Crippen molar-refractivity contribution < 1.29 is 9.53 Å². The highest BCUT2D eigenvalue weighted by molar-refractivity contribution is 9.09. The van der Waals surface area contributed by atoms with Crippen LogP contribution in [0.1, 0.15) is 10.4 Å². The van der Waals surface area contributed by atoms with Gasteiger partial charge in [0.05, 0.1) is 7.11 Å². The zero-order valence-corrected chi connectivity index (χ0v) is 8.54. The van der Waals surface area contributed by atoms with Gasteiger partial charge >= 0.3 is 5.97 Å². The average Bonchev–Trinajstić information content (AvgIpc) is 2.49. The van der Waals surface area contributed by atoms with Crippen molar-refractivity contribution in [3.05, 3.63) is 24.0 Å². The fraction of sp³-hybridized carbons (Fsp3) is 0.375. The van der Waals surface area contributed by atoms with Gasteiger partial charge in [-0.15, -0.1) is 0 Å². The number of alkyl halides is 1. The topological polar surface area (TPSA) is 31.2 Å². The van der Waals surface area contributed by atoms with E-state index in [0.29, 0.717) is 0 Å². The van der Waals surface area contributed by atoms with Crippen molar-refractivity contribution in [1.29, 1.82) is 0 Å². The van der Waals surface area contributed by atoms with Crippen molar-refractivity contribution in [2.75, 3.05) is 7.11 Å². The minimum atomic E-state index is -0.358. The summed E-state index contributed by atoms with van der Waals surface area (Å²) in [6.45, 7) is 0. The lowest BCUT2D eigenvalue weighted by atomic mass is 10.2. The number of aryl methyl sites for hydroxylation is 1. The highest BCUT2D eigenvalue weighted by Gasteiger charge is 2.17. The van der Waals surface area contributed by atoms with Gasteiger partial charge in [-0.25, -0.2) is 0 Å². The predicted octanol–water partition coefficient (Wildman–Crippen LogP) is 1.63. The summed E-state index contributed by atoms with van der Waals surface area (Å²) >= 11 is 3.24. The number of rotatable bonds is 2. The average molecular weight is 232 g/mol. The molecule has 1 aromatic heterocycles. The van der Waals surface area contributed by atoms with Gasteiger partial charge < -0.3 is 9.30 Å². The summed E-state index contributed by atoms with van der Waals surface area (Å²) in [5, 5.41) is 0. The molecule has 0 aliphatic carbocycles. The van der Waals surface area contributed by atoms with E-state index in [1.54, 1.807) is 0 Å². The number of methoxy groups -OCH3 is 1. The van der Waals surface area contributed by atoms with Crippen LogP contribution in [-0.4, -0.2) is 17.6 Å². The fourth-order valence-electron chi connectivity index (χ4n) is 0.914. The Bertz CT molecular complexity index is 282. The second kappa shape index (κ2) is 3.76. The summed E-state index contributed by atoms with van der Waals surface area (Å²) in [4.78, 5) is 10.7. The monoisotopic (exact) mass is 231 g/mol. The van der Waals surface area contributed by atoms with E-state index in [-0.39, 0.29) is 10.8 Å². The van der Waals surface area contributed by atoms with E-state index in [1.165, 1.54) is 7.11 Å². The van der Waals surface area contributed by atoms with Crippen molar-refractivity contribution in [2.24, 2.45) is 7.05 Å². The largest absolute Gasteiger partial charge is 0.468 e. The quantitative estimate of drug-likeness (QED) is 0.573. The van der Waals surface area contributed by atoms with Crippen LogP contribution in [0.15, 0.2) is 18.5 Å². The Hall–Kier alpha value is -0.770. The molecule has 3 nitrogen and oxygen atoms in total. The Morgan fingerprint density at radius 2 is 2.42 bits per heavy atom. The Morgan fingerprint density at radius 1 is 1.75 bits per heavy atom. The molecule has 0 spiro atoms. The molecule has 0 aliphatic heterocycles.